The maximum atomic E-state index is 12.4. The summed E-state index contributed by atoms with van der Waals surface area (Å²) in [5.41, 5.74) is 3.99. The lowest BCUT2D eigenvalue weighted by molar-refractivity contribution is 0.0786. The van der Waals surface area contributed by atoms with Gasteiger partial charge in [0.05, 0.1) is 23.6 Å². The van der Waals surface area contributed by atoms with Gasteiger partial charge in [-0.15, -0.1) is 11.3 Å². The first-order valence-electron chi connectivity index (χ1n) is 12.2. The number of amides is 1. The zero-order valence-corrected chi connectivity index (χ0v) is 22.9. The summed E-state index contributed by atoms with van der Waals surface area (Å²) in [4.78, 5) is 19.4. The average molecular weight is 548 g/mol. The van der Waals surface area contributed by atoms with Crippen molar-refractivity contribution in [1.29, 1.82) is 0 Å². The van der Waals surface area contributed by atoms with Crippen LogP contribution in [0.3, 0.4) is 0 Å². The van der Waals surface area contributed by atoms with E-state index >= 15 is 0 Å². The molecule has 0 atom stereocenters. The van der Waals surface area contributed by atoms with Crippen LogP contribution in [0.25, 0.3) is 11.3 Å². The van der Waals surface area contributed by atoms with Crippen molar-refractivity contribution in [3.63, 3.8) is 0 Å². The molecule has 0 bridgehead atoms. The van der Waals surface area contributed by atoms with Crippen LogP contribution in [-0.4, -0.2) is 27.6 Å². The molecule has 0 aliphatic carbocycles. The highest BCUT2D eigenvalue weighted by molar-refractivity contribution is 7.14. The lowest BCUT2D eigenvalue weighted by atomic mass is 9.98. The third kappa shape index (κ3) is 6.81. The van der Waals surface area contributed by atoms with Crippen molar-refractivity contribution in [2.45, 2.75) is 32.4 Å². The number of hydrogen-bond acceptors (Lipinski definition) is 6. The molecule has 0 saturated carbocycles. The quantitative estimate of drug-likeness (QED) is 0.182. The fraction of sp³-hybridized carbons (Fsp3) is 0.200. The number of rotatable bonds is 10. The summed E-state index contributed by atoms with van der Waals surface area (Å²) in [7, 11) is 0. The van der Waals surface area contributed by atoms with Gasteiger partial charge in [-0.2, -0.15) is 0 Å². The van der Waals surface area contributed by atoms with Gasteiger partial charge in [0.15, 0.2) is 5.13 Å². The van der Waals surface area contributed by atoms with Crippen LogP contribution in [0.2, 0.25) is 5.02 Å². The fourth-order valence-electron chi connectivity index (χ4n) is 3.87. The molecule has 0 fully saturated rings. The maximum absolute atomic E-state index is 12.4. The number of aliphatic hydroxyl groups excluding tert-OH is 1. The van der Waals surface area contributed by atoms with Crippen molar-refractivity contribution in [2.24, 2.45) is 0 Å². The molecular weight excluding hydrogens is 518 g/mol. The molecule has 6 nitrogen and oxygen atoms in total. The lowest BCUT2D eigenvalue weighted by Crippen LogP contribution is -2.24. The topological polar surface area (TPSA) is 85.7 Å². The lowest BCUT2D eigenvalue weighted by Gasteiger charge is -2.24. The molecule has 38 heavy (non-hydrogen) atoms. The largest absolute Gasteiger partial charge is 0.513 e. The predicted octanol–water partition coefficient (Wildman–Crippen LogP) is 7.22. The molecule has 0 spiro atoms. The van der Waals surface area contributed by atoms with Crippen molar-refractivity contribution < 1.29 is 15.0 Å². The smallest absolute Gasteiger partial charge is 0.251 e. The minimum absolute atomic E-state index is 0.0382. The van der Waals surface area contributed by atoms with Gasteiger partial charge in [-0.1, -0.05) is 60.6 Å². The number of thiazole rings is 1. The summed E-state index contributed by atoms with van der Waals surface area (Å²) in [6, 6.07) is 22.8. The molecule has 196 valence electrons. The number of aliphatic hydroxyl groups is 2. The SMILES string of the molecule is C=C(O)CCNC(=O)c1ccc(CN(c2ccc(C(C)(C)O)cc2)c2nc(-c3ccccc3Cl)cs2)cc1. The summed E-state index contributed by atoms with van der Waals surface area (Å²) in [5, 5.41) is 25.8. The zero-order chi connectivity index (χ0) is 27.3. The van der Waals surface area contributed by atoms with Gasteiger partial charge >= 0.3 is 0 Å². The molecular formula is C30H30ClN3O3S. The minimum Gasteiger partial charge on any atom is -0.513 e. The van der Waals surface area contributed by atoms with Gasteiger partial charge in [0.25, 0.3) is 5.91 Å². The van der Waals surface area contributed by atoms with Gasteiger partial charge in [0.1, 0.15) is 0 Å². The Labute approximate surface area is 231 Å². The first-order chi connectivity index (χ1) is 18.1. The summed E-state index contributed by atoms with van der Waals surface area (Å²) >= 11 is 7.94. The van der Waals surface area contributed by atoms with E-state index in [0.717, 1.165) is 33.2 Å². The van der Waals surface area contributed by atoms with E-state index < -0.39 is 5.60 Å². The number of halogens is 1. The third-order valence-electron chi connectivity index (χ3n) is 6.01. The molecule has 8 heteroatoms. The summed E-state index contributed by atoms with van der Waals surface area (Å²) < 4.78 is 0. The van der Waals surface area contributed by atoms with E-state index in [1.54, 1.807) is 26.0 Å². The average Bonchev–Trinajstić information content (AvgIpc) is 3.37. The van der Waals surface area contributed by atoms with Crippen molar-refractivity contribution in [2.75, 3.05) is 11.4 Å². The van der Waals surface area contributed by atoms with Gasteiger partial charge < -0.3 is 20.4 Å². The highest BCUT2D eigenvalue weighted by atomic mass is 35.5. The van der Waals surface area contributed by atoms with Gasteiger partial charge in [-0.25, -0.2) is 4.98 Å². The molecule has 0 aliphatic heterocycles. The zero-order valence-electron chi connectivity index (χ0n) is 21.3. The summed E-state index contributed by atoms with van der Waals surface area (Å²) in [6.45, 7) is 7.79. The second-order valence-corrected chi connectivity index (χ2v) is 10.7. The Morgan fingerprint density at radius 2 is 1.76 bits per heavy atom. The molecule has 0 unspecified atom stereocenters. The van der Waals surface area contributed by atoms with Crippen LogP contribution in [0, 0.1) is 0 Å². The Bertz CT molecular complexity index is 1410. The van der Waals surface area contributed by atoms with Crippen molar-refractivity contribution >= 4 is 39.7 Å². The van der Waals surface area contributed by atoms with Gasteiger partial charge in [-0.3, -0.25) is 4.79 Å². The van der Waals surface area contributed by atoms with Crippen LogP contribution in [0.4, 0.5) is 10.8 Å². The standard InChI is InChI=1S/C30H30ClN3O3S/c1-20(35)16-17-32-28(36)22-10-8-21(9-11-22)18-34(24-14-12-23(13-15-24)30(2,3)37)29-33-27(19-38-29)25-6-4-5-7-26(25)31/h4-15,19,35,37H,1,16-18H2,2-3H3,(H,32,36). The number of nitrogens with zero attached hydrogens (tertiary/aromatic N) is 2. The molecule has 0 radical (unpaired) electrons. The van der Waals surface area contributed by atoms with Crippen LogP contribution >= 0.6 is 22.9 Å². The molecule has 0 aliphatic rings. The van der Waals surface area contributed by atoms with Gasteiger partial charge in [0, 0.05) is 40.2 Å². The molecule has 4 aromatic rings. The van der Waals surface area contributed by atoms with Crippen LogP contribution in [-0.2, 0) is 12.1 Å². The molecule has 1 heterocycles. The number of nitrogens with one attached hydrogen (secondary N) is 1. The van der Waals surface area contributed by atoms with E-state index in [-0.39, 0.29) is 11.7 Å². The highest BCUT2D eigenvalue weighted by Gasteiger charge is 2.19. The second kappa shape index (κ2) is 11.8. The monoisotopic (exact) mass is 547 g/mol. The normalized spacial score (nSPS) is 11.3. The Morgan fingerprint density at radius 1 is 1.08 bits per heavy atom. The molecule has 3 aromatic carbocycles. The van der Waals surface area contributed by atoms with E-state index in [1.165, 1.54) is 11.3 Å². The van der Waals surface area contributed by atoms with Gasteiger partial charge in [0.2, 0.25) is 0 Å². The third-order valence-corrected chi connectivity index (χ3v) is 7.21. The maximum Gasteiger partial charge on any atom is 0.251 e. The molecule has 1 aromatic heterocycles. The number of anilines is 2. The number of aromatic nitrogens is 1. The Hall–Kier alpha value is -3.65. The van der Waals surface area contributed by atoms with E-state index in [9.17, 15) is 15.0 Å². The van der Waals surface area contributed by atoms with E-state index in [1.807, 2.05) is 66.0 Å². The molecule has 4 rings (SSSR count). The molecule has 1 amide bonds. The Balaban J connectivity index is 1.61. The van der Waals surface area contributed by atoms with Crippen molar-refractivity contribution in [1.82, 2.24) is 10.3 Å². The van der Waals surface area contributed by atoms with Gasteiger partial charge in [-0.05, 0) is 55.3 Å². The minimum atomic E-state index is -0.942. The van der Waals surface area contributed by atoms with Crippen molar-refractivity contribution in [3.8, 4) is 11.3 Å². The van der Waals surface area contributed by atoms with Crippen LogP contribution < -0.4 is 10.2 Å². The Kier molecular flexibility index (Phi) is 8.52. The fourth-order valence-corrected chi connectivity index (χ4v) is 4.94. The van der Waals surface area contributed by atoms with E-state index in [4.69, 9.17) is 16.6 Å². The number of hydrogen-bond donors (Lipinski definition) is 3. The number of carbonyl (C=O) groups excluding carboxylic acids is 1. The van der Waals surface area contributed by atoms with Crippen LogP contribution in [0.1, 0.15) is 41.8 Å². The van der Waals surface area contributed by atoms with E-state index in [2.05, 4.69) is 16.8 Å². The van der Waals surface area contributed by atoms with Crippen LogP contribution in [0.5, 0.6) is 0 Å². The first kappa shape index (κ1) is 27.4. The molecule has 3 N–H and O–H groups in total. The first-order valence-corrected chi connectivity index (χ1v) is 13.4. The predicted molar refractivity (Wildman–Crippen MR) is 155 cm³/mol. The van der Waals surface area contributed by atoms with Crippen molar-refractivity contribution in [3.05, 3.63) is 112 Å². The summed E-state index contributed by atoms with van der Waals surface area (Å²) in [6.07, 6.45) is 0.315. The van der Waals surface area contributed by atoms with Crippen LogP contribution in [0.15, 0.2) is 90.5 Å². The number of carbonyl (C=O) groups is 1. The second-order valence-electron chi connectivity index (χ2n) is 9.46. The molecule has 0 saturated heterocycles. The number of benzene rings is 3. The Morgan fingerprint density at radius 3 is 2.39 bits per heavy atom. The van der Waals surface area contributed by atoms with E-state index in [0.29, 0.717) is 30.1 Å². The highest BCUT2D eigenvalue weighted by Crippen LogP contribution is 2.36. The summed E-state index contributed by atoms with van der Waals surface area (Å²) in [5.74, 6) is -0.169.